The van der Waals surface area contributed by atoms with E-state index < -0.39 is 0 Å². The van der Waals surface area contributed by atoms with E-state index in [1.807, 2.05) is 18.2 Å². The van der Waals surface area contributed by atoms with Gasteiger partial charge in [-0.3, -0.25) is 4.79 Å². The molecule has 118 valence electrons. The van der Waals surface area contributed by atoms with Gasteiger partial charge in [0.05, 0.1) is 5.69 Å². The lowest BCUT2D eigenvalue weighted by molar-refractivity contribution is -0.116. The van der Waals surface area contributed by atoms with E-state index in [2.05, 4.69) is 35.6 Å². The van der Waals surface area contributed by atoms with Crippen LogP contribution >= 0.6 is 11.6 Å². The second-order valence-electron chi connectivity index (χ2n) is 6.70. The highest BCUT2D eigenvalue weighted by Crippen LogP contribution is 2.45. The molecule has 1 N–H and O–H groups in total. The molecule has 1 aliphatic carbocycles. The predicted molar refractivity (Wildman–Crippen MR) is 97.9 cm³/mol. The number of nitrogens with one attached hydrogen (secondary N) is 1. The highest BCUT2D eigenvalue weighted by atomic mass is 35.5. The van der Waals surface area contributed by atoms with Gasteiger partial charge in [-0.2, -0.15) is 0 Å². The van der Waals surface area contributed by atoms with Gasteiger partial charge in [0.1, 0.15) is 0 Å². The minimum Gasteiger partial charge on any atom is -0.325 e. The molecule has 24 heavy (non-hydrogen) atoms. The average molecular weight is 334 g/mol. The Bertz CT molecular complexity index is 1010. The van der Waals surface area contributed by atoms with E-state index in [9.17, 15) is 4.79 Å². The van der Waals surface area contributed by atoms with Gasteiger partial charge in [-0.05, 0) is 52.6 Å². The molecule has 3 aromatic rings. The Morgan fingerprint density at radius 2 is 1.83 bits per heavy atom. The fourth-order valence-corrected chi connectivity index (χ4v) is 4.47. The van der Waals surface area contributed by atoms with Crippen LogP contribution in [0.2, 0.25) is 5.02 Å². The second kappa shape index (κ2) is 5.09. The zero-order chi connectivity index (χ0) is 16.3. The molecule has 3 aromatic carbocycles. The molecule has 0 aromatic heterocycles. The maximum atomic E-state index is 12.4. The lowest BCUT2D eigenvalue weighted by Gasteiger charge is -2.28. The Kier molecular flexibility index (Phi) is 2.98. The lowest BCUT2D eigenvalue weighted by atomic mass is 9.82. The summed E-state index contributed by atoms with van der Waals surface area (Å²) in [5, 5.41) is 6.36. The molecule has 0 bridgehead atoms. The first-order valence-corrected chi connectivity index (χ1v) is 8.71. The SMILES string of the molecule is O=C1CC(c2cccc(Cl)c2)c2cc3c4c(cccc4c2N1)CC3. The van der Waals surface area contributed by atoms with E-state index in [1.54, 1.807) is 0 Å². The van der Waals surface area contributed by atoms with Crippen LogP contribution in [0.15, 0.2) is 48.5 Å². The van der Waals surface area contributed by atoms with Crippen LogP contribution in [0.5, 0.6) is 0 Å². The molecule has 1 amide bonds. The third-order valence-corrected chi connectivity index (χ3v) is 5.54. The van der Waals surface area contributed by atoms with Gasteiger partial charge in [-0.25, -0.2) is 0 Å². The van der Waals surface area contributed by atoms with Crippen molar-refractivity contribution >= 4 is 34.0 Å². The molecule has 2 aliphatic rings. The molecule has 0 saturated carbocycles. The summed E-state index contributed by atoms with van der Waals surface area (Å²) in [5.74, 6) is 0.142. The van der Waals surface area contributed by atoms with E-state index in [0.717, 1.165) is 24.1 Å². The highest BCUT2D eigenvalue weighted by molar-refractivity contribution is 6.30. The van der Waals surface area contributed by atoms with Crippen LogP contribution in [-0.4, -0.2) is 5.91 Å². The minimum absolute atomic E-state index is 0.0670. The number of carbonyl (C=O) groups is 1. The standard InChI is InChI=1S/C21H16ClNO/c22-15-5-1-4-13(9-15)17-11-19(24)23-21-16-6-2-3-12-7-8-14(20(12)16)10-18(17)21/h1-6,9-10,17H,7-8,11H2,(H,23,24). The molecule has 0 radical (unpaired) electrons. The minimum atomic E-state index is 0.0670. The first-order valence-electron chi connectivity index (χ1n) is 8.33. The van der Waals surface area contributed by atoms with Gasteiger partial charge in [0.2, 0.25) is 5.91 Å². The number of halogens is 1. The number of rotatable bonds is 1. The van der Waals surface area contributed by atoms with E-state index in [0.29, 0.717) is 11.4 Å². The van der Waals surface area contributed by atoms with Crippen LogP contribution in [0.25, 0.3) is 10.8 Å². The van der Waals surface area contributed by atoms with Crippen LogP contribution < -0.4 is 5.32 Å². The normalized spacial score (nSPS) is 18.5. The molecule has 5 rings (SSSR count). The number of hydrogen-bond acceptors (Lipinski definition) is 1. The van der Waals surface area contributed by atoms with Crippen molar-refractivity contribution in [3.63, 3.8) is 0 Å². The predicted octanol–water partition coefficient (Wildman–Crippen LogP) is 5.07. The molecule has 1 unspecified atom stereocenters. The fourth-order valence-electron chi connectivity index (χ4n) is 4.27. The maximum Gasteiger partial charge on any atom is 0.225 e. The van der Waals surface area contributed by atoms with Crippen LogP contribution in [-0.2, 0) is 17.6 Å². The van der Waals surface area contributed by atoms with Crippen molar-refractivity contribution in [1.29, 1.82) is 0 Å². The van der Waals surface area contributed by atoms with Gasteiger partial charge < -0.3 is 5.32 Å². The van der Waals surface area contributed by atoms with Crippen LogP contribution in [0.4, 0.5) is 5.69 Å². The molecule has 0 saturated heterocycles. The van der Waals surface area contributed by atoms with Gasteiger partial charge in [-0.1, -0.05) is 48.0 Å². The maximum absolute atomic E-state index is 12.4. The number of anilines is 1. The molecular weight excluding hydrogens is 318 g/mol. The van der Waals surface area contributed by atoms with E-state index >= 15 is 0 Å². The van der Waals surface area contributed by atoms with Crippen molar-refractivity contribution in [3.05, 3.63) is 75.8 Å². The van der Waals surface area contributed by atoms with E-state index in [-0.39, 0.29) is 11.8 Å². The summed E-state index contributed by atoms with van der Waals surface area (Å²) in [6, 6.07) is 16.6. The molecule has 1 aliphatic heterocycles. The third kappa shape index (κ3) is 1.99. The Balaban J connectivity index is 1.80. The summed E-state index contributed by atoms with van der Waals surface area (Å²) in [6.45, 7) is 0. The third-order valence-electron chi connectivity index (χ3n) is 5.30. The zero-order valence-electron chi connectivity index (χ0n) is 13.1. The first-order chi connectivity index (χ1) is 11.7. The topological polar surface area (TPSA) is 29.1 Å². The Labute approximate surface area is 145 Å². The van der Waals surface area contributed by atoms with Crippen LogP contribution in [0.1, 0.15) is 34.6 Å². The van der Waals surface area contributed by atoms with Crippen molar-refractivity contribution in [3.8, 4) is 0 Å². The molecule has 0 fully saturated rings. The lowest BCUT2D eigenvalue weighted by Crippen LogP contribution is -2.24. The van der Waals surface area contributed by atoms with Gasteiger partial charge in [0.25, 0.3) is 0 Å². The van der Waals surface area contributed by atoms with Gasteiger partial charge >= 0.3 is 0 Å². The molecular formula is C21H16ClNO. The molecule has 1 atom stereocenters. The molecule has 1 heterocycles. The monoisotopic (exact) mass is 333 g/mol. The van der Waals surface area contributed by atoms with Crippen molar-refractivity contribution in [2.24, 2.45) is 0 Å². The highest BCUT2D eigenvalue weighted by Gasteiger charge is 2.30. The summed E-state index contributed by atoms with van der Waals surface area (Å²) < 4.78 is 0. The summed E-state index contributed by atoms with van der Waals surface area (Å²) in [6.07, 6.45) is 2.64. The van der Waals surface area contributed by atoms with Gasteiger partial charge in [-0.15, -0.1) is 0 Å². The van der Waals surface area contributed by atoms with E-state index in [1.165, 1.54) is 27.5 Å². The molecule has 2 nitrogen and oxygen atoms in total. The summed E-state index contributed by atoms with van der Waals surface area (Å²) in [4.78, 5) is 12.4. The van der Waals surface area contributed by atoms with Crippen LogP contribution in [0.3, 0.4) is 0 Å². The number of benzene rings is 3. The summed E-state index contributed by atoms with van der Waals surface area (Å²) in [5.41, 5.74) is 6.11. The van der Waals surface area contributed by atoms with Crippen LogP contribution in [0, 0.1) is 0 Å². The number of aryl methyl sites for hydroxylation is 2. The number of amides is 1. The molecule has 3 heteroatoms. The Hall–Kier alpha value is -2.32. The zero-order valence-corrected chi connectivity index (χ0v) is 13.9. The van der Waals surface area contributed by atoms with Gasteiger partial charge in [0.15, 0.2) is 0 Å². The quantitative estimate of drug-likeness (QED) is 0.662. The average Bonchev–Trinajstić information content (AvgIpc) is 3.00. The largest absolute Gasteiger partial charge is 0.325 e. The summed E-state index contributed by atoms with van der Waals surface area (Å²) >= 11 is 6.19. The Morgan fingerprint density at radius 1 is 1.00 bits per heavy atom. The summed E-state index contributed by atoms with van der Waals surface area (Å²) in [7, 11) is 0. The number of carbonyl (C=O) groups excluding carboxylic acids is 1. The second-order valence-corrected chi connectivity index (χ2v) is 7.14. The van der Waals surface area contributed by atoms with Gasteiger partial charge in [0, 0.05) is 22.7 Å². The van der Waals surface area contributed by atoms with Crippen molar-refractivity contribution < 1.29 is 4.79 Å². The number of hydrogen-bond donors (Lipinski definition) is 1. The number of fused-ring (bicyclic) bond motifs is 2. The smallest absolute Gasteiger partial charge is 0.225 e. The molecule has 0 spiro atoms. The first kappa shape index (κ1) is 14.1. The fraction of sp³-hybridized carbons (Fsp3) is 0.190. The Morgan fingerprint density at radius 3 is 2.71 bits per heavy atom. The van der Waals surface area contributed by atoms with Crippen molar-refractivity contribution in [1.82, 2.24) is 0 Å². The van der Waals surface area contributed by atoms with E-state index in [4.69, 9.17) is 11.6 Å². The van der Waals surface area contributed by atoms with Crippen molar-refractivity contribution in [2.45, 2.75) is 25.2 Å². The van der Waals surface area contributed by atoms with Crippen molar-refractivity contribution in [2.75, 3.05) is 5.32 Å².